The number of nitrogens with one attached hydrogen (secondary N) is 4. The van der Waals surface area contributed by atoms with Gasteiger partial charge in [0.25, 0.3) is 5.91 Å². The number of esters is 1. The Kier molecular flexibility index (Phi) is 17.5. The number of aromatic nitrogens is 6. The van der Waals surface area contributed by atoms with Gasteiger partial charge in [-0.05, 0) is 61.0 Å². The monoisotopic (exact) mass is 1080 g/mol. The van der Waals surface area contributed by atoms with Crippen LogP contribution in [0.3, 0.4) is 0 Å². The molecule has 7 aromatic rings. The first-order valence-corrected chi connectivity index (χ1v) is 26.5. The fraction of sp³-hybridized carbons (Fsp3) is 0.246. The Morgan fingerprint density at radius 1 is 0.696 bits per heavy atom. The zero-order valence-electron chi connectivity index (χ0n) is 43.1. The van der Waals surface area contributed by atoms with Crippen LogP contribution in [0.2, 0.25) is 0 Å². The normalized spacial score (nSPS) is 14.5. The number of Topliss-reactive ketones (excluding diaryl/α,β-unsaturated/α-hetero) is 1. The van der Waals surface area contributed by atoms with Crippen LogP contribution in [0.25, 0.3) is 40.0 Å². The fourth-order valence-corrected chi connectivity index (χ4v) is 9.52. The Morgan fingerprint density at radius 3 is 1.82 bits per heavy atom. The lowest BCUT2D eigenvalue weighted by Crippen LogP contribution is -2.28. The molecule has 0 saturated carbocycles. The second kappa shape index (κ2) is 25.9. The summed E-state index contributed by atoms with van der Waals surface area (Å²) in [6.45, 7) is 7.12. The second-order valence-electron chi connectivity index (χ2n) is 17.8. The summed E-state index contributed by atoms with van der Waals surface area (Å²) in [5.74, 6) is 0.383. The standard InChI is InChI=1S/C57H56N12O9S/c1-2-77-57(73)51-52(71)50(79-56(51)63-43-6-4-3-5-7-43)31-37-8-17-49(48(70)30-37)78-29-28-76-27-26-75-25-24-74-23-22-62-55(72)42-32-44(68-35-46(64-66-68)38-9-13-40(14-10-38)53-58-18-19-59-53)34-45(33-42)69-36-47(65-67-69)39-11-15-41(16-12-39)54-60-20-21-61-54/h3-17,30-36,63,70H,2,18-29H2,1H3,(H,58,59)(H,60,61)(H,62,72)/b50-31-. The minimum absolute atomic E-state index is 0.0729. The number of amides is 1. The number of ketones is 1. The number of rotatable bonds is 25. The lowest BCUT2D eigenvalue weighted by atomic mass is 10.1. The van der Waals surface area contributed by atoms with Crippen LogP contribution < -0.4 is 26.0 Å². The number of carbonyl (C=O) groups is 3. The number of aromatic hydroxyl groups is 1. The molecule has 5 aromatic carbocycles. The van der Waals surface area contributed by atoms with Gasteiger partial charge < -0.3 is 50.1 Å². The second-order valence-corrected chi connectivity index (χ2v) is 18.9. The third kappa shape index (κ3) is 13.6. The summed E-state index contributed by atoms with van der Waals surface area (Å²) in [6, 6.07) is 35.3. The van der Waals surface area contributed by atoms with Crippen molar-refractivity contribution in [2.24, 2.45) is 9.98 Å². The van der Waals surface area contributed by atoms with Crippen LogP contribution in [0.5, 0.6) is 11.5 Å². The van der Waals surface area contributed by atoms with Gasteiger partial charge in [0.2, 0.25) is 5.78 Å². The van der Waals surface area contributed by atoms with Crippen molar-refractivity contribution < 1.29 is 43.2 Å². The molecule has 0 bridgehead atoms. The number of amidine groups is 2. The van der Waals surface area contributed by atoms with E-state index in [1.807, 2.05) is 97.3 Å². The highest BCUT2D eigenvalue weighted by atomic mass is 32.2. The Balaban J connectivity index is 0.665. The van der Waals surface area contributed by atoms with Crippen molar-refractivity contribution in [1.82, 2.24) is 45.9 Å². The van der Waals surface area contributed by atoms with E-state index in [4.69, 9.17) is 23.7 Å². The number of para-hydroxylation sites is 1. The van der Waals surface area contributed by atoms with Crippen LogP contribution in [0, 0.1) is 0 Å². The number of thioether (sulfide) groups is 1. The molecular formula is C57H56N12O9S. The number of anilines is 1. The van der Waals surface area contributed by atoms with E-state index in [0.29, 0.717) is 75.9 Å². The summed E-state index contributed by atoms with van der Waals surface area (Å²) in [7, 11) is 0. The smallest absolute Gasteiger partial charge is 0.344 e. The van der Waals surface area contributed by atoms with Crippen LogP contribution in [-0.4, -0.2) is 150 Å². The van der Waals surface area contributed by atoms with Gasteiger partial charge in [0, 0.05) is 53.1 Å². The molecule has 5 N–H and O–H groups in total. The highest BCUT2D eigenvalue weighted by Crippen LogP contribution is 2.41. The van der Waals surface area contributed by atoms with Crippen LogP contribution in [-0.2, 0) is 28.5 Å². The first-order valence-electron chi connectivity index (χ1n) is 25.7. The van der Waals surface area contributed by atoms with Crippen molar-refractivity contribution in [3.05, 3.63) is 165 Å². The molecule has 404 valence electrons. The number of hydrogen-bond acceptors (Lipinski definition) is 19. The first-order chi connectivity index (χ1) is 38.8. The van der Waals surface area contributed by atoms with Gasteiger partial charge in [-0.2, -0.15) is 0 Å². The molecule has 0 radical (unpaired) electrons. The van der Waals surface area contributed by atoms with E-state index in [9.17, 15) is 19.5 Å². The highest BCUT2D eigenvalue weighted by molar-refractivity contribution is 8.08. The molecule has 2 aromatic heterocycles. The average molecular weight is 1090 g/mol. The Morgan fingerprint density at radius 2 is 1.27 bits per heavy atom. The van der Waals surface area contributed by atoms with Crippen LogP contribution in [0.15, 0.2) is 153 Å². The molecule has 10 rings (SSSR count). The number of nitrogens with zero attached hydrogens (tertiary/aromatic N) is 8. The predicted molar refractivity (Wildman–Crippen MR) is 299 cm³/mol. The van der Waals surface area contributed by atoms with E-state index in [1.165, 1.54) is 6.07 Å². The summed E-state index contributed by atoms with van der Waals surface area (Å²) < 4.78 is 31.2. The number of benzene rings is 5. The molecule has 0 atom stereocenters. The van der Waals surface area contributed by atoms with Crippen molar-refractivity contribution in [2.75, 3.05) is 90.9 Å². The summed E-state index contributed by atoms with van der Waals surface area (Å²) in [5, 5.41) is 41.6. The number of phenolic OH excluding ortho intramolecular Hbond substituents is 1. The third-order valence-electron chi connectivity index (χ3n) is 12.4. The van der Waals surface area contributed by atoms with E-state index in [1.54, 1.807) is 46.6 Å². The van der Waals surface area contributed by atoms with Crippen LogP contribution in [0.4, 0.5) is 5.69 Å². The maximum atomic E-state index is 13.7. The van der Waals surface area contributed by atoms with Crippen molar-refractivity contribution in [2.45, 2.75) is 6.92 Å². The Labute approximate surface area is 458 Å². The van der Waals surface area contributed by atoms with Gasteiger partial charge in [-0.25, -0.2) is 14.2 Å². The van der Waals surface area contributed by atoms with E-state index in [0.717, 1.165) is 71.9 Å². The van der Waals surface area contributed by atoms with Gasteiger partial charge in [-0.1, -0.05) is 95.0 Å². The van der Waals surface area contributed by atoms with Gasteiger partial charge in [0.15, 0.2) is 11.5 Å². The predicted octanol–water partition coefficient (Wildman–Crippen LogP) is 5.99. The summed E-state index contributed by atoms with van der Waals surface area (Å²) in [4.78, 5) is 49.1. The molecule has 0 fully saturated rings. The topological polar surface area (TPSA) is 252 Å². The molecule has 22 heteroatoms. The van der Waals surface area contributed by atoms with Crippen molar-refractivity contribution in [3.8, 4) is 45.4 Å². The first kappa shape index (κ1) is 53.4. The third-order valence-corrected chi connectivity index (χ3v) is 13.4. The molecule has 0 saturated heterocycles. The van der Waals surface area contributed by atoms with Gasteiger partial charge in [-0.3, -0.25) is 19.6 Å². The van der Waals surface area contributed by atoms with Gasteiger partial charge in [0.1, 0.15) is 35.2 Å². The molecule has 0 unspecified atom stereocenters. The SMILES string of the molecule is CCOC(=O)C1=C(Nc2ccccc2)S/C(=C\c2ccc(OCCOCCOCCOCCNC(=O)c3cc(-n4cc(-c5ccc(C6=NCCN6)cc5)nn4)cc(-n4cc(-c5ccc(C6=NCCN6)cc5)nn4)c3)c(O)c2)C1=O. The van der Waals surface area contributed by atoms with Crippen LogP contribution >= 0.6 is 11.8 Å². The lowest BCUT2D eigenvalue weighted by molar-refractivity contribution is -0.139. The quantitative estimate of drug-likeness (QED) is 0.0191. The number of carbonyl (C=O) groups excluding carboxylic acids is 3. The van der Waals surface area contributed by atoms with E-state index in [-0.39, 0.29) is 56.0 Å². The molecule has 79 heavy (non-hydrogen) atoms. The van der Waals surface area contributed by atoms with E-state index >= 15 is 0 Å². The molecular weight excluding hydrogens is 1030 g/mol. The van der Waals surface area contributed by atoms with Gasteiger partial charge >= 0.3 is 5.97 Å². The largest absolute Gasteiger partial charge is 0.504 e. The summed E-state index contributed by atoms with van der Waals surface area (Å²) in [5.41, 5.74) is 7.81. The molecule has 3 aliphatic rings. The van der Waals surface area contributed by atoms with Gasteiger partial charge in [-0.15, -0.1) is 10.2 Å². The molecule has 3 aliphatic heterocycles. The maximum absolute atomic E-state index is 13.7. The molecule has 21 nitrogen and oxygen atoms in total. The number of allylic oxidation sites excluding steroid dienone is 1. The number of ether oxygens (including phenoxy) is 5. The summed E-state index contributed by atoms with van der Waals surface area (Å²) in [6.07, 6.45) is 5.23. The Hall–Kier alpha value is -8.96. The minimum atomic E-state index is -0.708. The fourth-order valence-electron chi connectivity index (χ4n) is 8.46. The lowest BCUT2D eigenvalue weighted by Gasteiger charge is -2.11. The van der Waals surface area contributed by atoms with E-state index in [2.05, 4.69) is 51.9 Å². The maximum Gasteiger partial charge on any atom is 0.344 e. The molecule has 0 aliphatic carbocycles. The molecule has 1 amide bonds. The van der Waals surface area contributed by atoms with E-state index < -0.39 is 11.8 Å². The number of aliphatic imine (C=N–C) groups is 2. The number of phenols is 1. The summed E-state index contributed by atoms with van der Waals surface area (Å²) >= 11 is 1.12. The van der Waals surface area contributed by atoms with Crippen LogP contribution in [0.1, 0.15) is 34.0 Å². The zero-order valence-corrected chi connectivity index (χ0v) is 43.9. The molecule has 0 spiro atoms. The highest BCUT2D eigenvalue weighted by Gasteiger charge is 2.35. The minimum Gasteiger partial charge on any atom is -0.504 e. The number of hydrogen-bond donors (Lipinski definition) is 5. The average Bonchev–Trinajstić information content (AvgIpc) is 4.38. The van der Waals surface area contributed by atoms with Crippen molar-refractivity contribution in [3.63, 3.8) is 0 Å². The molecule has 5 heterocycles. The van der Waals surface area contributed by atoms with Gasteiger partial charge in [0.05, 0.1) is 93.0 Å². The zero-order chi connectivity index (χ0) is 54.3. The Bertz CT molecular complexity index is 3310. The van der Waals surface area contributed by atoms with Crippen molar-refractivity contribution in [1.29, 1.82) is 0 Å². The van der Waals surface area contributed by atoms with Crippen molar-refractivity contribution >= 4 is 52.9 Å².